The van der Waals surface area contributed by atoms with Crippen molar-refractivity contribution in [1.82, 2.24) is 9.55 Å². The number of aromatic nitrogens is 2. The fourth-order valence-electron chi connectivity index (χ4n) is 4.29. The number of halogens is 4. The lowest BCUT2D eigenvalue weighted by Gasteiger charge is -2.28. The van der Waals surface area contributed by atoms with E-state index >= 15 is 8.78 Å². The Labute approximate surface area is 248 Å². The molecule has 0 spiro atoms. The van der Waals surface area contributed by atoms with Gasteiger partial charge in [-0.3, -0.25) is 4.57 Å². The van der Waals surface area contributed by atoms with Crippen molar-refractivity contribution in [2.45, 2.75) is 30.2 Å². The third-order valence-electron chi connectivity index (χ3n) is 6.82. The van der Waals surface area contributed by atoms with E-state index in [4.69, 9.17) is 21.1 Å². The van der Waals surface area contributed by atoms with E-state index in [9.17, 15) is 4.39 Å². The van der Waals surface area contributed by atoms with Crippen molar-refractivity contribution in [3.63, 3.8) is 0 Å². The molecule has 0 radical (unpaired) electrons. The van der Waals surface area contributed by atoms with Gasteiger partial charge in [-0.05, 0) is 42.0 Å². The molecule has 0 aliphatic heterocycles. The number of nitrogens with zero attached hydrogens (tertiary/aromatic N) is 3. The lowest BCUT2D eigenvalue weighted by molar-refractivity contribution is -0.870. The first-order valence-corrected chi connectivity index (χ1v) is 14.4. The van der Waals surface area contributed by atoms with Gasteiger partial charge in [0.1, 0.15) is 42.1 Å². The van der Waals surface area contributed by atoms with Crippen LogP contribution in [0.15, 0.2) is 66.0 Å². The largest absolute Gasteiger partial charge is 0.495 e. The zero-order valence-corrected chi connectivity index (χ0v) is 25.5. The maximum absolute atomic E-state index is 15.0. The van der Waals surface area contributed by atoms with E-state index in [2.05, 4.69) is 4.98 Å². The maximum atomic E-state index is 15.0. The standard InChI is InChI=1S/C31H34ClF3N3O2S/c1-31(2,20-7-12-25(32)28(15-20)39-6)29-18-36-30(37(29)22-10-8-21(33)9-11-22)41-19-24-26(34)16-23(17-27(24)35)40-14-13-38(3,4)5/h7-12,15-18H,13-14,19H2,1-6H3/q+1. The van der Waals surface area contributed by atoms with Crippen molar-refractivity contribution in [3.05, 3.63) is 100 Å². The summed E-state index contributed by atoms with van der Waals surface area (Å²) in [5.41, 5.74) is 1.69. The summed E-state index contributed by atoms with van der Waals surface area (Å²) in [5.74, 6) is -1.07. The molecule has 41 heavy (non-hydrogen) atoms. The molecule has 0 unspecified atom stereocenters. The normalized spacial score (nSPS) is 12.0. The first kappa shape index (κ1) is 30.8. The Bertz CT molecular complexity index is 1500. The molecule has 218 valence electrons. The number of hydrogen-bond donors (Lipinski definition) is 0. The molecule has 0 saturated heterocycles. The number of imidazole rings is 1. The first-order chi connectivity index (χ1) is 19.3. The van der Waals surface area contributed by atoms with Crippen LogP contribution >= 0.6 is 23.4 Å². The number of hydrogen-bond acceptors (Lipinski definition) is 4. The van der Waals surface area contributed by atoms with Gasteiger partial charge in [-0.1, -0.05) is 43.3 Å². The van der Waals surface area contributed by atoms with Crippen LogP contribution in [0, 0.1) is 17.5 Å². The van der Waals surface area contributed by atoms with Crippen LogP contribution in [0.2, 0.25) is 5.02 Å². The number of ether oxygens (including phenoxy) is 2. The second-order valence-electron chi connectivity index (χ2n) is 11.2. The molecule has 3 aromatic carbocycles. The first-order valence-electron chi connectivity index (χ1n) is 13.0. The summed E-state index contributed by atoms with van der Waals surface area (Å²) in [6.07, 6.45) is 1.73. The minimum absolute atomic E-state index is 0.0102. The zero-order valence-electron chi connectivity index (χ0n) is 24.0. The van der Waals surface area contributed by atoms with Crippen molar-refractivity contribution in [2.75, 3.05) is 41.4 Å². The van der Waals surface area contributed by atoms with Gasteiger partial charge in [-0.15, -0.1) is 0 Å². The molecule has 5 nitrogen and oxygen atoms in total. The van der Waals surface area contributed by atoms with Crippen LogP contribution < -0.4 is 9.47 Å². The van der Waals surface area contributed by atoms with Crippen LogP contribution in [0.3, 0.4) is 0 Å². The number of likely N-dealkylation sites (N-methyl/N-ethyl adjacent to an activating group) is 1. The SMILES string of the molecule is COc1cc(C(C)(C)c2cnc(SCc3c(F)cc(OCC[N+](C)(C)C)cc3F)n2-c2ccc(F)cc2)ccc1Cl. The summed E-state index contributed by atoms with van der Waals surface area (Å²) in [6, 6.07) is 14.0. The maximum Gasteiger partial charge on any atom is 0.173 e. The Morgan fingerprint density at radius 2 is 1.63 bits per heavy atom. The molecule has 4 rings (SSSR count). The molecule has 10 heteroatoms. The quantitative estimate of drug-likeness (QED) is 0.130. The van der Waals surface area contributed by atoms with Crippen LogP contribution in [0.5, 0.6) is 11.5 Å². The van der Waals surface area contributed by atoms with Crippen LogP contribution in [-0.4, -0.2) is 55.4 Å². The third kappa shape index (κ3) is 7.20. The highest BCUT2D eigenvalue weighted by atomic mass is 35.5. The zero-order chi connectivity index (χ0) is 29.9. The van der Waals surface area contributed by atoms with Gasteiger partial charge < -0.3 is 14.0 Å². The fraction of sp³-hybridized carbons (Fsp3) is 0.323. The fourth-order valence-corrected chi connectivity index (χ4v) is 5.49. The Morgan fingerprint density at radius 3 is 2.24 bits per heavy atom. The van der Waals surface area contributed by atoms with Crippen molar-refractivity contribution in [3.8, 4) is 17.2 Å². The minimum Gasteiger partial charge on any atom is -0.495 e. The highest BCUT2D eigenvalue weighted by Gasteiger charge is 2.30. The summed E-state index contributed by atoms with van der Waals surface area (Å²) in [5, 5.41) is 0.992. The van der Waals surface area contributed by atoms with E-state index in [1.54, 1.807) is 31.5 Å². The van der Waals surface area contributed by atoms with Crippen molar-refractivity contribution in [2.24, 2.45) is 0 Å². The smallest absolute Gasteiger partial charge is 0.173 e. The van der Waals surface area contributed by atoms with Crippen LogP contribution in [-0.2, 0) is 11.2 Å². The molecule has 0 N–H and O–H groups in total. The number of methoxy groups -OCH3 is 1. The van der Waals surface area contributed by atoms with Gasteiger partial charge in [0.25, 0.3) is 0 Å². The monoisotopic (exact) mass is 604 g/mol. The molecule has 0 atom stereocenters. The summed E-state index contributed by atoms with van der Waals surface area (Å²) in [4.78, 5) is 4.63. The van der Waals surface area contributed by atoms with Gasteiger partial charge in [0.15, 0.2) is 5.16 Å². The topological polar surface area (TPSA) is 36.3 Å². The van der Waals surface area contributed by atoms with E-state index in [0.717, 1.165) is 11.3 Å². The average molecular weight is 605 g/mol. The lowest BCUT2D eigenvalue weighted by atomic mass is 9.81. The molecule has 0 amide bonds. The number of rotatable bonds is 11. The van der Waals surface area contributed by atoms with Crippen LogP contribution in [0.4, 0.5) is 13.2 Å². The van der Waals surface area contributed by atoms with E-state index < -0.39 is 17.0 Å². The summed E-state index contributed by atoms with van der Waals surface area (Å²) >= 11 is 7.45. The van der Waals surface area contributed by atoms with Crippen LogP contribution in [0.25, 0.3) is 5.69 Å². The number of benzene rings is 3. The highest BCUT2D eigenvalue weighted by molar-refractivity contribution is 7.98. The van der Waals surface area contributed by atoms with Crippen molar-refractivity contribution < 1.29 is 27.1 Å². The number of quaternary nitrogens is 1. The highest BCUT2D eigenvalue weighted by Crippen LogP contribution is 2.39. The lowest BCUT2D eigenvalue weighted by Crippen LogP contribution is -2.38. The Hall–Kier alpha value is -3.14. The van der Waals surface area contributed by atoms with E-state index in [-0.39, 0.29) is 22.9 Å². The van der Waals surface area contributed by atoms with Crippen molar-refractivity contribution in [1.29, 1.82) is 0 Å². The molecular weight excluding hydrogens is 571 g/mol. The Balaban J connectivity index is 1.66. The summed E-state index contributed by atoms with van der Waals surface area (Å²) < 4.78 is 57.5. The van der Waals surface area contributed by atoms with Gasteiger partial charge in [0.2, 0.25) is 0 Å². The van der Waals surface area contributed by atoms with Crippen molar-refractivity contribution >= 4 is 23.4 Å². The predicted octanol–water partition coefficient (Wildman–Crippen LogP) is 7.65. The summed E-state index contributed by atoms with van der Waals surface area (Å²) in [7, 11) is 7.59. The molecule has 4 aromatic rings. The second-order valence-corrected chi connectivity index (χ2v) is 12.6. The van der Waals surface area contributed by atoms with Gasteiger partial charge in [-0.2, -0.15) is 0 Å². The van der Waals surface area contributed by atoms with Gasteiger partial charge in [0, 0.05) is 34.6 Å². The second kappa shape index (κ2) is 12.4. The molecule has 0 aliphatic rings. The number of thioether (sulfide) groups is 1. The van der Waals surface area contributed by atoms with Gasteiger partial charge in [-0.25, -0.2) is 18.2 Å². The average Bonchev–Trinajstić information content (AvgIpc) is 3.33. The van der Waals surface area contributed by atoms with Crippen LogP contribution in [0.1, 0.15) is 30.7 Å². The Kier molecular flexibility index (Phi) is 9.31. The third-order valence-corrected chi connectivity index (χ3v) is 8.11. The van der Waals surface area contributed by atoms with Gasteiger partial charge >= 0.3 is 0 Å². The molecule has 0 fully saturated rings. The summed E-state index contributed by atoms with van der Waals surface area (Å²) in [6.45, 7) is 5.08. The molecular formula is C31H34ClF3N3O2S+. The molecule has 0 bridgehead atoms. The minimum atomic E-state index is -0.688. The van der Waals surface area contributed by atoms with E-state index in [1.165, 1.54) is 36.0 Å². The van der Waals surface area contributed by atoms with E-state index in [0.29, 0.717) is 39.3 Å². The van der Waals surface area contributed by atoms with E-state index in [1.807, 2.05) is 51.7 Å². The van der Waals surface area contributed by atoms with Gasteiger partial charge in [0.05, 0.1) is 45.2 Å². The molecule has 1 heterocycles. The molecule has 1 aromatic heterocycles. The molecule has 0 saturated carbocycles. The molecule has 0 aliphatic carbocycles. The Morgan fingerprint density at radius 1 is 0.976 bits per heavy atom. The predicted molar refractivity (Wildman–Crippen MR) is 158 cm³/mol.